The van der Waals surface area contributed by atoms with Gasteiger partial charge >= 0.3 is 0 Å². The van der Waals surface area contributed by atoms with Gasteiger partial charge in [0.25, 0.3) is 0 Å². The van der Waals surface area contributed by atoms with Crippen molar-refractivity contribution < 1.29 is 9.13 Å². The molecular weight excluding hydrogens is 229 g/mol. The van der Waals surface area contributed by atoms with Crippen LogP contribution in [-0.2, 0) is 6.54 Å². The number of nitrogens with one attached hydrogen (secondary N) is 1. The zero-order chi connectivity index (χ0) is 12.8. The molecule has 0 radical (unpaired) electrons. The summed E-state index contributed by atoms with van der Waals surface area (Å²) in [6.45, 7) is 3.82. The van der Waals surface area contributed by atoms with Crippen LogP contribution >= 0.6 is 0 Å². The van der Waals surface area contributed by atoms with Gasteiger partial charge in [0, 0.05) is 6.54 Å². The second-order valence-corrected chi connectivity index (χ2v) is 3.98. The van der Waals surface area contributed by atoms with Gasteiger partial charge in [0.05, 0.1) is 0 Å². The lowest BCUT2D eigenvalue weighted by Crippen LogP contribution is -2.11. The Kier molecular flexibility index (Phi) is 4.31. The first-order valence-corrected chi connectivity index (χ1v) is 6.01. The van der Waals surface area contributed by atoms with Crippen LogP contribution in [0.2, 0.25) is 0 Å². The van der Waals surface area contributed by atoms with E-state index in [9.17, 15) is 4.39 Å². The van der Waals surface area contributed by atoms with Crippen LogP contribution < -0.4 is 10.1 Å². The number of benzene rings is 2. The van der Waals surface area contributed by atoms with Crippen LogP contribution in [0, 0.1) is 5.82 Å². The minimum absolute atomic E-state index is 0.261. The molecule has 0 aliphatic carbocycles. The number of ether oxygens (including phenoxy) is 1. The Labute approximate surface area is 106 Å². The van der Waals surface area contributed by atoms with Crippen molar-refractivity contribution in [1.29, 1.82) is 0 Å². The lowest BCUT2D eigenvalue weighted by Gasteiger charge is -2.08. The summed E-state index contributed by atoms with van der Waals surface area (Å²) in [5.74, 6) is 1.14. The van der Waals surface area contributed by atoms with Crippen LogP contribution in [0.1, 0.15) is 12.5 Å². The van der Waals surface area contributed by atoms with Gasteiger partial charge in [0.1, 0.15) is 17.3 Å². The summed E-state index contributed by atoms with van der Waals surface area (Å²) >= 11 is 0. The largest absolute Gasteiger partial charge is 0.457 e. The molecule has 0 aromatic heterocycles. The van der Waals surface area contributed by atoms with E-state index in [1.165, 1.54) is 12.1 Å². The Balaban J connectivity index is 2.06. The average Bonchev–Trinajstić information content (AvgIpc) is 2.40. The maximum absolute atomic E-state index is 12.8. The van der Waals surface area contributed by atoms with E-state index in [4.69, 9.17) is 4.74 Å². The van der Waals surface area contributed by atoms with Gasteiger partial charge in [-0.1, -0.05) is 19.1 Å². The van der Waals surface area contributed by atoms with Gasteiger partial charge in [-0.15, -0.1) is 0 Å². The molecule has 2 aromatic rings. The normalized spacial score (nSPS) is 10.3. The van der Waals surface area contributed by atoms with E-state index in [-0.39, 0.29) is 5.82 Å². The van der Waals surface area contributed by atoms with E-state index >= 15 is 0 Å². The van der Waals surface area contributed by atoms with Gasteiger partial charge in [-0.25, -0.2) is 4.39 Å². The molecular formula is C15H16FNO. The van der Waals surface area contributed by atoms with Crippen molar-refractivity contribution in [3.05, 3.63) is 59.9 Å². The molecule has 3 heteroatoms. The van der Waals surface area contributed by atoms with Crippen molar-refractivity contribution in [2.24, 2.45) is 0 Å². The zero-order valence-corrected chi connectivity index (χ0v) is 10.3. The molecule has 0 saturated heterocycles. The lowest BCUT2D eigenvalue weighted by molar-refractivity contribution is 0.479. The lowest BCUT2D eigenvalue weighted by atomic mass is 10.2. The molecule has 18 heavy (non-hydrogen) atoms. The molecule has 0 amide bonds. The third-order valence-electron chi connectivity index (χ3n) is 2.53. The van der Waals surface area contributed by atoms with Crippen LogP contribution in [0.25, 0.3) is 0 Å². The number of rotatable bonds is 5. The highest BCUT2D eigenvalue weighted by molar-refractivity contribution is 5.34. The minimum atomic E-state index is -0.261. The molecule has 1 N–H and O–H groups in total. The van der Waals surface area contributed by atoms with Crippen LogP contribution in [-0.4, -0.2) is 6.54 Å². The fraction of sp³-hybridized carbons (Fsp3) is 0.200. The standard InChI is InChI=1S/C15H16FNO/c1-2-17-11-12-4-3-5-15(10-12)18-14-8-6-13(16)7-9-14/h3-10,17H,2,11H2,1H3. The monoisotopic (exact) mass is 245 g/mol. The number of hydrogen-bond donors (Lipinski definition) is 1. The molecule has 0 aliphatic heterocycles. The van der Waals surface area contributed by atoms with Crippen molar-refractivity contribution in [3.8, 4) is 11.5 Å². The van der Waals surface area contributed by atoms with E-state index in [0.29, 0.717) is 5.75 Å². The second kappa shape index (κ2) is 6.17. The minimum Gasteiger partial charge on any atom is -0.457 e. The van der Waals surface area contributed by atoms with Gasteiger partial charge in [0.15, 0.2) is 0 Å². The highest BCUT2D eigenvalue weighted by Gasteiger charge is 1.99. The maximum atomic E-state index is 12.8. The third-order valence-corrected chi connectivity index (χ3v) is 2.53. The van der Waals surface area contributed by atoms with Crippen molar-refractivity contribution in [1.82, 2.24) is 5.32 Å². The van der Waals surface area contributed by atoms with Crippen molar-refractivity contribution in [2.45, 2.75) is 13.5 Å². The first-order valence-electron chi connectivity index (χ1n) is 6.01. The van der Waals surface area contributed by atoms with E-state index in [2.05, 4.69) is 12.2 Å². The maximum Gasteiger partial charge on any atom is 0.127 e. The molecule has 0 unspecified atom stereocenters. The molecule has 0 atom stereocenters. The first kappa shape index (κ1) is 12.6. The van der Waals surface area contributed by atoms with E-state index in [1.807, 2.05) is 24.3 Å². The van der Waals surface area contributed by atoms with Crippen LogP contribution in [0.4, 0.5) is 4.39 Å². The predicted octanol–water partition coefficient (Wildman–Crippen LogP) is 3.73. The van der Waals surface area contributed by atoms with E-state index in [0.717, 1.165) is 24.4 Å². The summed E-state index contributed by atoms with van der Waals surface area (Å²) < 4.78 is 18.4. The third kappa shape index (κ3) is 3.57. The molecule has 2 rings (SSSR count). The van der Waals surface area contributed by atoms with E-state index in [1.54, 1.807) is 12.1 Å². The Morgan fingerprint density at radius 3 is 2.56 bits per heavy atom. The topological polar surface area (TPSA) is 21.3 Å². The van der Waals surface area contributed by atoms with E-state index < -0.39 is 0 Å². The smallest absolute Gasteiger partial charge is 0.127 e. The molecule has 0 bridgehead atoms. The summed E-state index contributed by atoms with van der Waals surface area (Å²) in [4.78, 5) is 0. The van der Waals surface area contributed by atoms with Crippen molar-refractivity contribution >= 4 is 0 Å². The van der Waals surface area contributed by atoms with Crippen molar-refractivity contribution in [2.75, 3.05) is 6.54 Å². The van der Waals surface area contributed by atoms with Gasteiger partial charge < -0.3 is 10.1 Å². The highest BCUT2D eigenvalue weighted by atomic mass is 19.1. The molecule has 0 spiro atoms. The molecule has 0 heterocycles. The molecule has 0 aliphatic rings. The van der Waals surface area contributed by atoms with Gasteiger partial charge in [-0.05, 0) is 48.5 Å². The van der Waals surface area contributed by atoms with Crippen LogP contribution in [0.3, 0.4) is 0 Å². The van der Waals surface area contributed by atoms with Gasteiger partial charge in [0.2, 0.25) is 0 Å². The van der Waals surface area contributed by atoms with Crippen LogP contribution in [0.15, 0.2) is 48.5 Å². The van der Waals surface area contributed by atoms with Crippen LogP contribution in [0.5, 0.6) is 11.5 Å². The summed E-state index contributed by atoms with van der Waals surface area (Å²) in [5, 5.41) is 3.26. The highest BCUT2D eigenvalue weighted by Crippen LogP contribution is 2.22. The van der Waals surface area contributed by atoms with Gasteiger partial charge in [-0.3, -0.25) is 0 Å². The Morgan fingerprint density at radius 2 is 1.83 bits per heavy atom. The molecule has 94 valence electrons. The Morgan fingerprint density at radius 1 is 1.06 bits per heavy atom. The first-order chi connectivity index (χ1) is 8.78. The fourth-order valence-corrected chi connectivity index (χ4v) is 1.63. The predicted molar refractivity (Wildman–Crippen MR) is 70.3 cm³/mol. The summed E-state index contributed by atoms with van der Waals surface area (Å²) in [6.07, 6.45) is 0. The zero-order valence-electron chi connectivity index (χ0n) is 10.3. The fourth-order valence-electron chi connectivity index (χ4n) is 1.63. The average molecular weight is 245 g/mol. The number of hydrogen-bond acceptors (Lipinski definition) is 2. The summed E-state index contributed by atoms with van der Waals surface area (Å²) in [6, 6.07) is 13.9. The summed E-state index contributed by atoms with van der Waals surface area (Å²) in [5.41, 5.74) is 1.16. The number of halogens is 1. The van der Waals surface area contributed by atoms with Crippen molar-refractivity contribution in [3.63, 3.8) is 0 Å². The second-order valence-electron chi connectivity index (χ2n) is 3.98. The molecule has 2 aromatic carbocycles. The molecule has 2 nitrogen and oxygen atoms in total. The Hall–Kier alpha value is -1.87. The Bertz CT molecular complexity index is 496. The quantitative estimate of drug-likeness (QED) is 0.866. The SMILES string of the molecule is CCNCc1cccc(Oc2ccc(F)cc2)c1. The summed E-state index contributed by atoms with van der Waals surface area (Å²) in [7, 11) is 0. The molecule has 0 saturated carbocycles. The molecule has 0 fully saturated rings. The van der Waals surface area contributed by atoms with Gasteiger partial charge in [-0.2, -0.15) is 0 Å².